The highest BCUT2D eigenvalue weighted by Crippen LogP contribution is 2.14. The minimum atomic E-state index is -0.428. The van der Waals surface area contributed by atoms with Gasteiger partial charge in [0.25, 0.3) is 11.8 Å². The van der Waals surface area contributed by atoms with Gasteiger partial charge in [-0.1, -0.05) is 6.07 Å². The molecule has 3 rings (SSSR count). The highest BCUT2D eigenvalue weighted by molar-refractivity contribution is 5.94. The van der Waals surface area contributed by atoms with Gasteiger partial charge in [-0.3, -0.25) is 9.59 Å². The molecule has 0 unspecified atom stereocenters. The zero-order valence-corrected chi connectivity index (χ0v) is 15.0. The fourth-order valence-corrected chi connectivity index (χ4v) is 2.91. The van der Waals surface area contributed by atoms with Gasteiger partial charge < -0.3 is 14.5 Å². The molecular formula is C20H20F2N2O3. The molecule has 2 amide bonds. The monoisotopic (exact) mass is 374 g/mol. The lowest BCUT2D eigenvalue weighted by Gasteiger charge is -2.34. The topological polar surface area (TPSA) is 49.9 Å². The third-order valence-electron chi connectivity index (χ3n) is 4.48. The predicted octanol–water partition coefficient (Wildman–Crippen LogP) is 2.64. The number of piperazine rings is 1. The van der Waals surface area contributed by atoms with Crippen molar-refractivity contribution in [2.24, 2.45) is 0 Å². The van der Waals surface area contributed by atoms with Crippen LogP contribution < -0.4 is 4.74 Å². The van der Waals surface area contributed by atoms with Crippen molar-refractivity contribution >= 4 is 11.8 Å². The number of hydrogen-bond donors (Lipinski definition) is 0. The van der Waals surface area contributed by atoms with Gasteiger partial charge in [-0.05, 0) is 42.8 Å². The predicted molar refractivity (Wildman–Crippen MR) is 95.5 cm³/mol. The average molecular weight is 374 g/mol. The molecule has 0 N–H and O–H groups in total. The minimum Gasteiger partial charge on any atom is -0.484 e. The molecule has 1 heterocycles. The van der Waals surface area contributed by atoms with Gasteiger partial charge in [0, 0.05) is 37.8 Å². The molecule has 1 aliphatic rings. The van der Waals surface area contributed by atoms with Crippen LogP contribution in [-0.4, -0.2) is 54.4 Å². The van der Waals surface area contributed by atoms with E-state index in [2.05, 4.69) is 0 Å². The molecule has 0 bridgehead atoms. The normalized spacial score (nSPS) is 14.2. The third-order valence-corrected chi connectivity index (χ3v) is 4.48. The Labute approximate surface area is 156 Å². The molecule has 0 saturated carbocycles. The molecule has 0 spiro atoms. The van der Waals surface area contributed by atoms with Gasteiger partial charge >= 0.3 is 0 Å². The van der Waals surface area contributed by atoms with E-state index in [0.717, 1.165) is 0 Å². The van der Waals surface area contributed by atoms with Crippen LogP contribution in [0.3, 0.4) is 0 Å². The lowest BCUT2D eigenvalue weighted by atomic mass is 10.1. The Kier molecular flexibility index (Phi) is 5.69. The van der Waals surface area contributed by atoms with E-state index < -0.39 is 5.82 Å². The fraction of sp³-hybridized carbons (Fsp3) is 0.300. The second-order valence-corrected chi connectivity index (χ2v) is 6.38. The lowest BCUT2D eigenvalue weighted by Crippen LogP contribution is -2.51. The number of nitrogens with zero attached hydrogens (tertiary/aromatic N) is 2. The van der Waals surface area contributed by atoms with Crippen LogP contribution in [0.5, 0.6) is 5.75 Å². The van der Waals surface area contributed by atoms with E-state index in [1.165, 1.54) is 36.4 Å². The van der Waals surface area contributed by atoms with Gasteiger partial charge in [-0.15, -0.1) is 0 Å². The van der Waals surface area contributed by atoms with E-state index in [4.69, 9.17) is 4.74 Å². The highest BCUT2D eigenvalue weighted by atomic mass is 19.1. The summed E-state index contributed by atoms with van der Waals surface area (Å²) in [4.78, 5) is 28.0. The van der Waals surface area contributed by atoms with Crippen molar-refractivity contribution in [2.75, 3.05) is 32.8 Å². The molecule has 0 radical (unpaired) electrons. The average Bonchev–Trinajstić information content (AvgIpc) is 2.68. The quantitative estimate of drug-likeness (QED) is 0.827. The highest BCUT2D eigenvalue weighted by Gasteiger charge is 2.25. The molecule has 7 heteroatoms. The fourth-order valence-electron chi connectivity index (χ4n) is 2.91. The van der Waals surface area contributed by atoms with Crippen molar-refractivity contribution in [2.45, 2.75) is 6.92 Å². The van der Waals surface area contributed by atoms with Crippen molar-refractivity contribution in [3.05, 3.63) is 65.2 Å². The van der Waals surface area contributed by atoms with E-state index in [-0.39, 0.29) is 24.2 Å². The standard InChI is InChI=1S/C20H20F2N2O3/c1-14-11-15(5-6-18(14)22)20(26)24-9-7-23(8-10-24)19(25)13-27-17-4-2-3-16(21)12-17/h2-6,11-12H,7-10,13H2,1H3. The molecule has 142 valence electrons. The Balaban J connectivity index is 1.51. The van der Waals surface area contributed by atoms with Crippen molar-refractivity contribution in [3.63, 3.8) is 0 Å². The van der Waals surface area contributed by atoms with Crippen LogP contribution in [0, 0.1) is 18.6 Å². The van der Waals surface area contributed by atoms with Crippen molar-refractivity contribution in [1.82, 2.24) is 9.80 Å². The maximum Gasteiger partial charge on any atom is 0.260 e. The number of amides is 2. The summed E-state index contributed by atoms with van der Waals surface area (Å²) in [5, 5.41) is 0. The number of halogens is 2. The summed E-state index contributed by atoms with van der Waals surface area (Å²) in [6, 6.07) is 9.89. The van der Waals surface area contributed by atoms with Gasteiger partial charge in [0.15, 0.2) is 6.61 Å². The number of ether oxygens (including phenoxy) is 1. The molecule has 27 heavy (non-hydrogen) atoms. The summed E-state index contributed by atoms with van der Waals surface area (Å²) in [5.41, 5.74) is 0.854. The minimum absolute atomic E-state index is 0.179. The van der Waals surface area contributed by atoms with Crippen LogP contribution in [0.2, 0.25) is 0 Å². The first kappa shape index (κ1) is 18.8. The number of hydrogen-bond acceptors (Lipinski definition) is 3. The van der Waals surface area contributed by atoms with E-state index in [1.807, 2.05) is 0 Å². The first-order valence-corrected chi connectivity index (χ1v) is 8.65. The van der Waals surface area contributed by atoms with Gasteiger partial charge in [0.05, 0.1) is 0 Å². The Hall–Kier alpha value is -2.96. The van der Waals surface area contributed by atoms with Crippen molar-refractivity contribution in [3.8, 4) is 5.75 Å². The SMILES string of the molecule is Cc1cc(C(=O)N2CCN(C(=O)COc3cccc(F)c3)CC2)ccc1F. The second-order valence-electron chi connectivity index (χ2n) is 6.38. The number of carbonyl (C=O) groups excluding carboxylic acids is 2. The lowest BCUT2D eigenvalue weighted by molar-refractivity contribution is -0.134. The maximum absolute atomic E-state index is 13.4. The van der Waals surface area contributed by atoms with E-state index >= 15 is 0 Å². The summed E-state index contributed by atoms with van der Waals surface area (Å²) in [7, 11) is 0. The molecule has 2 aromatic rings. The van der Waals surface area contributed by atoms with Crippen LogP contribution in [0.15, 0.2) is 42.5 Å². The molecule has 1 saturated heterocycles. The Bertz CT molecular complexity index is 849. The van der Waals surface area contributed by atoms with E-state index in [9.17, 15) is 18.4 Å². The zero-order chi connectivity index (χ0) is 19.4. The summed E-state index contributed by atoms with van der Waals surface area (Å²) in [6.45, 7) is 2.98. The molecular weight excluding hydrogens is 354 g/mol. The second kappa shape index (κ2) is 8.16. The van der Waals surface area contributed by atoms with Crippen molar-refractivity contribution < 1.29 is 23.1 Å². The number of aryl methyl sites for hydroxylation is 1. The van der Waals surface area contributed by atoms with Gasteiger partial charge in [-0.25, -0.2) is 8.78 Å². The number of benzene rings is 2. The molecule has 0 aliphatic carbocycles. The van der Waals surface area contributed by atoms with Gasteiger partial charge in [0.2, 0.25) is 0 Å². The molecule has 0 aromatic heterocycles. The van der Waals surface area contributed by atoms with Crippen LogP contribution >= 0.6 is 0 Å². The molecule has 1 fully saturated rings. The molecule has 0 atom stereocenters. The van der Waals surface area contributed by atoms with Crippen LogP contribution in [0.1, 0.15) is 15.9 Å². The first-order valence-electron chi connectivity index (χ1n) is 8.65. The largest absolute Gasteiger partial charge is 0.484 e. The van der Waals surface area contributed by atoms with E-state index in [0.29, 0.717) is 43.1 Å². The van der Waals surface area contributed by atoms with Gasteiger partial charge in [0.1, 0.15) is 17.4 Å². The summed E-state index contributed by atoms with van der Waals surface area (Å²) in [6.07, 6.45) is 0. The zero-order valence-electron chi connectivity index (χ0n) is 15.0. The number of rotatable bonds is 4. The Morgan fingerprint density at radius 2 is 1.70 bits per heavy atom. The van der Waals surface area contributed by atoms with Crippen LogP contribution in [-0.2, 0) is 4.79 Å². The summed E-state index contributed by atoms with van der Waals surface area (Å²) >= 11 is 0. The van der Waals surface area contributed by atoms with E-state index in [1.54, 1.807) is 22.8 Å². The molecule has 1 aliphatic heterocycles. The van der Waals surface area contributed by atoms with Crippen LogP contribution in [0.25, 0.3) is 0 Å². The smallest absolute Gasteiger partial charge is 0.260 e. The molecule has 2 aromatic carbocycles. The maximum atomic E-state index is 13.4. The van der Waals surface area contributed by atoms with Gasteiger partial charge in [-0.2, -0.15) is 0 Å². The third kappa shape index (κ3) is 4.61. The first-order chi connectivity index (χ1) is 12.9. The summed E-state index contributed by atoms with van der Waals surface area (Å²) < 4.78 is 31.8. The number of carbonyl (C=O) groups is 2. The molecule has 5 nitrogen and oxygen atoms in total. The van der Waals surface area contributed by atoms with Crippen LogP contribution in [0.4, 0.5) is 8.78 Å². The van der Waals surface area contributed by atoms with Crippen molar-refractivity contribution in [1.29, 1.82) is 0 Å². The Morgan fingerprint density at radius 3 is 2.37 bits per heavy atom. The summed E-state index contributed by atoms with van der Waals surface area (Å²) in [5.74, 6) is -0.877. The Morgan fingerprint density at radius 1 is 1.00 bits per heavy atom.